The van der Waals surface area contributed by atoms with E-state index in [1.807, 2.05) is 18.2 Å². The molecule has 3 rings (SSSR count). The minimum atomic E-state index is -0.586. The molecule has 1 amide bonds. The lowest BCUT2D eigenvalue weighted by Gasteiger charge is -2.37. The quantitative estimate of drug-likeness (QED) is 0.694. The number of carbonyl (C=O) groups is 2. The molecule has 118 valence electrons. The van der Waals surface area contributed by atoms with Crippen molar-refractivity contribution < 1.29 is 18.7 Å². The number of furan rings is 1. The number of hydrogen-bond donors (Lipinski definition) is 1. The highest BCUT2D eigenvalue weighted by Gasteiger charge is 2.35. The molecule has 0 spiro atoms. The maximum Gasteiger partial charge on any atom is 0.374 e. The largest absolute Gasteiger partial charge is 0.463 e. The zero-order valence-electron chi connectivity index (χ0n) is 12.6. The van der Waals surface area contributed by atoms with E-state index in [1.165, 1.54) is 13.4 Å². The van der Waals surface area contributed by atoms with Gasteiger partial charge in [0.25, 0.3) is 5.91 Å². The number of carbonyl (C=O) groups excluding carboxylic acids is 2. The van der Waals surface area contributed by atoms with Crippen molar-refractivity contribution in [1.29, 1.82) is 0 Å². The summed E-state index contributed by atoms with van der Waals surface area (Å²) < 4.78 is 9.98. The molecule has 1 aliphatic heterocycles. The van der Waals surface area contributed by atoms with E-state index in [9.17, 15) is 9.59 Å². The number of rotatable bonds is 4. The Labute approximate surface area is 133 Å². The van der Waals surface area contributed by atoms with Crippen LogP contribution in [0.25, 0.3) is 0 Å². The van der Waals surface area contributed by atoms with Gasteiger partial charge in [-0.3, -0.25) is 4.79 Å². The number of anilines is 1. The summed E-state index contributed by atoms with van der Waals surface area (Å²) in [5.74, 6) is -0.649. The fraction of sp³-hybridized carbons (Fsp3) is 0.176. The van der Waals surface area contributed by atoms with Crippen LogP contribution in [0.1, 0.15) is 32.6 Å². The van der Waals surface area contributed by atoms with E-state index in [-0.39, 0.29) is 11.7 Å². The number of fused-ring (bicyclic) bond motifs is 1. The van der Waals surface area contributed by atoms with Gasteiger partial charge < -0.3 is 19.4 Å². The predicted molar refractivity (Wildman–Crippen MR) is 84.1 cm³/mol. The molecule has 0 saturated carbocycles. The summed E-state index contributed by atoms with van der Waals surface area (Å²) >= 11 is 0. The van der Waals surface area contributed by atoms with Crippen molar-refractivity contribution in [1.82, 2.24) is 4.90 Å². The van der Waals surface area contributed by atoms with Crippen molar-refractivity contribution in [3.05, 3.63) is 66.1 Å². The van der Waals surface area contributed by atoms with Gasteiger partial charge in [0.15, 0.2) is 0 Å². The molecule has 0 unspecified atom stereocenters. The summed E-state index contributed by atoms with van der Waals surface area (Å²) in [5, 5.41) is 3.27. The number of hydrogen-bond acceptors (Lipinski definition) is 5. The van der Waals surface area contributed by atoms with E-state index in [1.54, 1.807) is 23.1 Å². The van der Waals surface area contributed by atoms with Gasteiger partial charge in [0.05, 0.1) is 18.9 Å². The average Bonchev–Trinajstić information content (AvgIpc) is 3.06. The molecule has 6 nitrogen and oxygen atoms in total. The van der Waals surface area contributed by atoms with Crippen molar-refractivity contribution in [2.45, 2.75) is 6.17 Å². The van der Waals surface area contributed by atoms with E-state index < -0.39 is 12.1 Å². The third kappa shape index (κ3) is 2.48. The lowest BCUT2D eigenvalue weighted by atomic mass is 10.0. The minimum absolute atomic E-state index is 0.0752. The molecule has 23 heavy (non-hydrogen) atoms. The third-order valence-corrected chi connectivity index (χ3v) is 3.71. The van der Waals surface area contributed by atoms with Gasteiger partial charge in [-0.1, -0.05) is 18.2 Å². The van der Waals surface area contributed by atoms with Gasteiger partial charge in [0.1, 0.15) is 6.17 Å². The van der Waals surface area contributed by atoms with Crippen molar-refractivity contribution >= 4 is 17.6 Å². The van der Waals surface area contributed by atoms with Gasteiger partial charge in [-0.25, -0.2) is 4.79 Å². The first-order chi connectivity index (χ1) is 11.2. The van der Waals surface area contributed by atoms with Gasteiger partial charge in [-0.15, -0.1) is 6.58 Å². The van der Waals surface area contributed by atoms with Gasteiger partial charge >= 0.3 is 5.97 Å². The highest BCUT2D eigenvalue weighted by molar-refractivity contribution is 6.02. The van der Waals surface area contributed by atoms with E-state index in [0.29, 0.717) is 23.4 Å². The zero-order chi connectivity index (χ0) is 16.4. The number of benzene rings is 1. The highest BCUT2D eigenvalue weighted by atomic mass is 16.5. The van der Waals surface area contributed by atoms with Crippen LogP contribution in [0.2, 0.25) is 0 Å². The number of ether oxygens (including phenoxy) is 1. The molecule has 1 aromatic carbocycles. The molecule has 1 N–H and O–H groups in total. The molecule has 0 saturated heterocycles. The lowest BCUT2D eigenvalue weighted by molar-refractivity contribution is 0.0553. The monoisotopic (exact) mass is 312 g/mol. The van der Waals surface area contributed by atoms with Crippen LogP contribution >= 0.6 is 0 Å². The van der Waals surface area contributed by atoms with Crippen molar-refractivity contribution in [2.24, 2.45) is 0 Å². The van der Waals surface area contributed by atoms with E-state index in [4.69, 9.17) is 9.15 Å². The highest BCUT2D eigenvalue weighted by Crippen LogP contribution is 2.34. The number of para-hydroxylation sites is 1. The third-order valence-electron chi connectivity index (χ3n) is 3.71. The normalized spacial score (nSPS) is 16.5. The SMILES string of the molecule is C=CCN1C(=O)c2ccccc2N[C@@H]1c1ccoc1C(=O)OC. The van der Waals surface area contributed by atoms with Crippen molar-refractivity contribution in [3.63, 3.8) is 0 Å². The van der Waals surface area contributed by atoms with E-state index in [2.05, 4.69) is 11.9 Å². The molecule has 0 aliphatic carbocycles. The molecule has 0 radical (unpaired) electrons. The van der Waals surface area contributed by atoms with Gasteiger partial charge in [0, 0.05) is 17.8 Å². The molecule has 0 bridgehead atoms. The van der Waals surface area contributed by atoms with Crippen LogP contribution in [-0.2, 0) is 4.74 Å². The molecule has 1 aromatic heterocycles. The Morgan fingerprint density at radius 3 is 2.96 bits per heavy atom. The number of esters is 1. The van der Waals surface area contributed by atoms with Gasteiger partial charge in [-0.05, 0) is 18.2 Å². The van der Waals surface area contributed by atoms with Crippen LogP contribution in [0.4, 0.5) is 5.69 Å². The summed E-state index contributed by atoms with van der Waals surface area (Å²) in [6.07, 6.45) is 2.50. The molecule has 0 fully saturated rings. The van der Waals surface area contributed by atoms with Crippen LogP contribution in [0, 0.1) is 0 Å². The first-order valence-corrected chi connectivity index (χ1v) is 7.10. The molecule has 1 atom stereocenters. The molecule has 1 aliphatic rings. The summed E-state index contributed by atoms with van der Waals surface area (Å²) in [6.45, 7) is 4.03. The Morgan fingerprint density at radius 1 is 1.43 bits per heavy atom. The Kier molecular flexibility index (Phi) is 3.89. The standard InChI is InChI=1S/C17H16N2O4/c1-3-9-19-15(12-8-10-23-14(12)17(21)22-2)18-13-7-5-4-6-11(13)16(19)20/h3-8,10,15,18H,1,9H2,2H3/t15-/m0/s1. The smallest absolute Gasteiger partial charge is 0.374 e. The second kappa shape index (κ2) is 6.00. The summed E-state index contributed by atoms with van der Waals surface area (Å²) in [4.78, 5) is 26.2. The Hall–Kier alpha value is -3.02. The lowest BCUT2D eigenvalue weighted by Crippen LogP contribution is -2.43. The summed E-state index contributed by atoms with van der Waals surface area (Å²) in [6, 6.07) is 8.89. The van der Waals surface area contributed by atoms with Gasteiger partial charge in [-0.2, -0.15) is 0 Å². The van der Waals surface area contributed by atoms with Crippen LogP contribution in [0.15, 0.2) is 53.7 Å². The number of methoxy groups -OCH3 is 1. The first kappa shape index (κ1) is 14.9. The van der Waals surface area contributed by atoms with Crippen molar-refractivity contribution in [2.75, 3.05) is 19.0 Å². The second-order valence-electron chi connectivity index (χ2n) is 5.04. The second-order valence-corrected chi connectivity index (χ2v) is 5.04. The molecule has 2 aromatic rings. The van der Waals surface area contributed by atoms with Crippen LogP contribution in [-0.4, -0.2) is 30.4 Å². The molecule has 2 heterocycles. The van der Waals surface area contributed by atoms with E-state index in [0.717, 1.165) is 0 Å². The fourth-order valence-corrected chi connectivity index (χ4v) is 2.66. The number of amides is 1. The Bertz CT molecular complexity index is 765. The molecular weight excluding hydrogens is 296 g/mol. The van der Waals surface area contributed by atoms with E-state index >= 15 is 0 Å². The van der Waals surface area contributed by atoms with Crippen LogP contribution in [0.3, 0.4) is 0 Å². The summed E-state index contributed by atoms with van der Waals surface area (Å²) in [5.41, 5.74) is 1.83. The number of nitrogens with one attached hydrogen (secondary N) is 1. The maximum absolute atomic E-state index is 12.8. The molecule has 6 heteroatoms. The molecular formula is C17H16N2O4. The van der Waals surface area contributed by atoms with Crippen LogP contribution in [0.5, 0.6) is 0 Å². The minimum Gasteiger partial charge on any atom is -0.463 e. The summed E-state index contributed by atoms with van der Waals surface area (Å²) in [7, 11) is 1.28. The zero-order valence-corrected chi connectivity index (χ0v) is 12.6. The maximum atomic E-state index is 12.8. The van der Waals surface area contributed by atoms with Crippen LogP contribution < -0.4 is 5.32 Å². The fourth-order valence-electron chi connectivity index (χ4n) is 2.66. The van der Waals surface area contributed by atoms with Crippen molar-refractivity contribution in [3.8, 4) is 0 Å². The van der Waals surface area contributed by atoms with Gasteiger partial charge in [0.2, 0.25) is 5.76 Å². The topological polar surface area (TPSA) is 71.8 Å². The Balaban J connectivity index is 2.07. The average molecular weight is 312 g/mol. The number of nitrogens with zero attached hydrogens (tertiary/aromatic N) is 1. The predicted octanol–water partition coefficient (Wildman–Crippen LogP) is 2.82. The first-order valence-electron chi connectivity index (χ1n) is 7.10. The Morgan fingerprint density at radius 2 is 2.22 bits per heavy atom.